The van der Waals surface area contributed by atoms with E-state index in [1.807, 2.05) is 0 Å². The standard InChI is InChI=1S/C12H15N5O4S/c1-8-10(22(19,20)17-4-2-3-5-17)6-9(21-8)11(18)15-12-13-7-14-16-12/h6-7H,2-5H2,1H3,(H2,13,14,15,16,18). The number of aromatic nitrogens is 3. The highest BCUT2D eigenvalue weighted by molar-refractivity contribution is 7.89. The molecule has 0 aliphatic carbocycles. The molecule has 3 heterocycles. The lowest BCUT2D eigenvalue weighted by molar-refractivity contribution is 0.0994. The van der Waals surface area contributed by atoms with Gasteiger partial charge in [0.25, 0.3) is 5.91 Å². The molecule has 1 saturated heterocycles. The average molecular weight is 325 g/mol. The number of hydrogen-bond acceptors (Lipinski definition) is 6. The van der Waals surface area contributed by atoms with Crippen LogP contribution in [0.2, 0.25) is 0 Å². The lowest BCUT2D eigenvalue weighted by Gasteiger charge is -2.14. The predicted molar refractivity (Wildman–Crippen MR) is 75.8 cm³/mol. The first-order chi connectivity index (χ1) is 10.5. The predicted octanol–water partition coefficient (Wildman–Crippen LogP) is 0.743. The highest BCUT2D eigenvalue weighted by Gasteiger charge is 2.31. The van der Waals surface area contributed by atoms with Crippen molar-refractivity contribution in [2.24, 2.45) is 0 Å². The van der Waals surface area contributed by atoms with E-state index in [0.717, 1.165) is 12.8 Å². The maximum Gasteiger partial charge on any atom is 0.293 e. The van der Waals surface area contributed by atoms with Crippen LogP contribution in [0.4, 0.5) is 5.95 Å². The van der Waals surface area contributed by atoms with Crippen molar-refractivity contribution in [3.63, 3.8) is 0 Å². The van der Waals surface area contributed by atoms with Crippen molar-refractivity contribution in [3.8, 4) is 0 Å². The summed E-state index contributed by atoms with van der Waals surface area (Å²) in [5.41, 5.74) is 0. The topological polar surface area (TPSA) is 121 Å². The lowest BCUT2D eigenvalue weighted by Crippen LogP contribution is -2.28. The third-order valence-electron chi connectivity index (χ3n) is 3.43. The molecule has 1 aliphatic heterocycles. The molecule has 0 bridgehead atoms. The minimum atomic E-state index is -3.62. The van der Waals surface area contributed by atoms with Crippen LogP contribution in [0.3, 0.4) is 0 Å². The Labute approximate surface area is 126 Å². The molecule has 0 radical (unpaired) electrons. The zero-order chi connectivity index (χ0) is 15.7. The zero-order valence-corrected chi connectivity index (χ0v) is 12.7. The molecule has 1 fully saturated rings. The Morgan fingerprint density at radius 2 is 2.14 bits per heavy atom. The second-order valence-electron chi connectivity index (χ2n) is 4.93. The fourth-order valence-corrected chi connectivity index (χ4v) is 4.01. The summed E-state index contributed by atoms with van der Waals surface area (Å²) >= 11 is 0. The van der Waals surface area contributed by atoms with Gasteiger partial charge in [-0.1, -0.05) is 0 Å². The Morgan fingerprint density at radius 3 is 2.77 bits per heavy atom. The summed E-state index contributed by atoms with van der Waals surface area (Å²) in [6, 6.07) is 1.24. The smallest absolute Gasteiger partial charge is 0.293 e. The molecule has 9 nitrogen and oxygen atoms in total. The summed E-state index contributed by atoms with van der Waals surface area (Å²) in [5.74, 6) is -0.341. The van der Waals surface area contributed by atoms with Crippen molar-refractivity contribution >= 4 is 21.9 Å². The van der Waals surface area contributed by atoms with Gasteiger partial charge in [0.2, 0.25) is 16.0 Å². The van der Waals surface area contributed by atoms with Gasteiger partial charge in [-0.15, -0.1) is 0 Å². The first kappa shape index (κ1) is 14.7. The number of amides is 1. The fraction of sp³-hybridized carbons (Fsp3) is 0.417. The highest BCUT2D eigenvalue weighted by atomic mass is 32.2. The number of aryl methyl sites for hydroxylation is 1. The van der Waals surface area contributed by atoms with Crippen LogP contribution in [-0.2, 0) is 10.0 Å². The molecule has 1 amide bonds. The fourth-order valence-electron chi connectivity index (χ4n) is 2.34. The van der Waals surface area contributed by atoms with Crippen LogP contribution in [0.15, 0.2) is 21.7 Å². The molecule has 2 N–H and O–H groups in total. The number of rotatable bonds is 4. The van der Waals surface area contributed by atoms with E-state index in [4.69, 9.17) is 4.42 Å². The van der Waals surface area contributed by atoms with E-state index in [1.165, 1.54) is 23.6 Å². The molecule has 0 saturated carbocycles. The van der Waals surface area contributed by atoms with E-state index in [9.17, 15) is 13.2 Å². The number of nitrogens with one attached hydrogen (secondary N) is 2. The number of carbonyl (C=O) groups excluding carboxylic acids is 1. The van der Waals surface area contributed by atoms with Crippen molar-refractivity contribution < 1.29 is 17.6 Å². The quantitative estimate of drug-likeness (QED) is 0.855. The van der Waals surface area contributed by atoms with Crippen LogP contribution < -0.4 is 5.32 Å². The minimum absolute atomic E-state index is 0.0251. The monoisotopic (exact) mass is 325 g/mol. The average Bonchev–Trinajstić information content (AvgIpc) is 3.19. The van der Waals surface area contributed by atoms with Gasteiger partial charge in [-0.3, -0.25) is 10.1 Å². The molecule has 0 atom stereocenters. The molecule has 0 aromatic carbocycles. The van der Waals surface area contributed by atoms with Gasteiger partial charge >= 0.3 is 0 Å². The van der Waals surface area contributed by atoms with Gasteiger partial charge in [-0.2, -0.15) is 14.4 Å². The number of furan rings is 1. The van der Waals surface area contributed by atoms with Gasteiger partial charge in [-0.05, 0) is 19.8 Å². The van der Waals surface area contributed by atoms with Gasteiger partial charge in [-0.25, -0.2) is 13.5 Å². The van der Waals surface area contributed by atoms with Crippen molar-refractivity contribution in [2.75, 3.05) is 18.4 Å². The molecule has 22 heavy (non-hydrogen) atoms. The second kappa shape index (κ2) is 5.54. The molecule has 2 aromatic rings. The Morgan fingerprint density at radius 1 is 1.41 bits per heavy atom. The van der Waals surface area contributed by atoms with Crippen molar-refractivity contribution in [1.29, 1.82) is 0 Å². The first-order valence-electron chi connectivity index (χ1n) is 6.76. The third-order valence-corrected chi connectivity index (χ3v) is 5.43. The Kier molecular flexibility index (Phi) is 3.71. The van der Waals surface area contributed by atoms with Crippen LogP contribution in [0.5, 0.6) is 0 Å². The van der Waals surface area contributed by atoms with E-state index in [1.54, 1.807) is 0 Å². The van der Waals surface area contributed by atoms with Gasteiger partial charge in [0, 0.05) is 19.2 Å². The van der Waals surface area contributed by atoms with Gasteiger partial charge in [0.15, 0.2) is 5.76 Å². The highest BCUT2D eigenvalue weighted by Crippen LogP contribution is 2.26. The number of carbonyl (C=O) groups is 1. The Hall–Kier alpha value is -2.20. The number of hydrogen-bond donors (Lipinski definition) is 2. The van der Waals surface area contributed by atoms with Crippen molar-refractivity contribution in [1.82, 2.24) is 19.5 Å². The molecular formula is C12H15N5O4S. The molecule has 1 aliphatic rings. The van der Waals surface area contributed by atoms with Gasteiger partial charge < -0.3 is 4.42 Å². The van der Waals surface area contributed by atoms with E-state index < -0.39 is 15.9 Å². The number of sulfonamides is 1. The molecular weight excluding hydrogens is 310 g/mol. The molecule has 0 unspecified atom stereocenters. The molecule has 10 heteroatoms. The van der Waals surface area contributed by atoms with Crippen molar-refractivity contribution in [3.05, 3.63) is 23.9 Å². The minimum Gasteiger partial charge on any atom is -0.455 e. The molecule has 3 rings (SSSR count). The van der Waals surface area contributed by atoms with E-state index in [2.05, 4.69) is 20.5 Å². The van der Waals surface area contributed by atoms with Crippen LogP contribution in [0.25, 0.3) is 0 Å². The summed E-state index contributed by atoms with van der Waals surface area (Å²) in [7, 11) is -3.62. The van der Waals surface area contributed by atoms with Gasteiger partial charge in [0.05, 0.1) is 0 Å². The van der Waals surface area contributed by atoms with Crippen LogP contribution in [0, 0.1) is 6.92 Å². The molecule has 2 aromatic heterocycles. The maximum atomic E-state index is 12.5. The van der Waals surface area contributed by atoms with Crippen LogP contribution >= 0.6 is 0 Å². The number of H-pyrrole nitrogens is 1. The number of anilines is 1. The lowest BCUT2D eigenvalue weighted by atomic mass is 10.4. The Balaban J connectivity index is 1.86. The molecule has 0 spiro atoms. The van der Waals surface area contributed by atoms with E-state index in [0.29, 0.717) is 13.1 Å². The summed E-state index contributed by atoms with van der Waals surface area (Å²) in [4.78, 5) is 15.8. The second-order valence-corrected chi connectivity index (χ2v) is 6.84. The van der Waals surface area contributed by atoms with Gasteiger partial charge in [0.1, 0.15) is 17.0 Å². The molecule has 118 valence electrons. The van der Waals surface area contributed by atoms with E-state index >= 15 is 0 Å². The number of nitrogens with zero attached hydrogens (tertiary/aromatic N) is 3. The third kappa shape index (κ3) is 2.62. The summed E-state index contributed by atoms with van der Waals surface area (Å²) in [6.07, 6.45) is 2.93. The number of aromatic amines is 1. The summed E-state index contributed by atoms with van der Waals surface area (Å²) in [6.45, 7) is 2.51. The SMILES string of the molecule is Cc1oc(C(=O)Nc2ncn[nH]2)cc1S(=O)(=O)N1CCCC1. The van der Waals surface area contributed by atoms with Crippen molar-refractivity contribution in [2.45, 2.75) is 24.7 Å². The summed E-state index contributed by atoms with van der Waals surface area (Å²) < 4.78 is 31.7. The Bertz CT molecular complexity index is 775. The summed E-state index contributed by atoms with van der Waals surface area (Å²) in [5, 5.41) is 8.50. The van der Waals surface area contributed by atoms with E-state index in [-0.39, 0.29) is 22.4 Å². The zero-order valence-electron chi connectivity index (χ0n) is 11.9. The maximum absolute atomic E-state index is 12.5. The normalized spacial score (nSPS) is 16.0. The first-order valence-corrected chi connectivity index (χ1v) is 8.20. The largest absolute Gasteiger partial charge is 0.455 e. The van der Waals surface area contributed by atoms with Crippen LogP contribution in [0.1, 0.15) is 29.2 Å². The van der Waals surface area contributed by atoms with Crippen LogP contribution in [-0.4, -0.2) is 46.9 Å².